The van der Waals surface area contributed by atoms with Crippen LogP contribution in [0.15, 0.2) is 6.20 Å². The average molecular weight is 276 g/mol. The lowest BCUT2D eigenvalue weighted by atomic mass is 10.1. The van der Waals surface area contributed by atoms with E-state index in [-0.39, 0.29) is 6.04 Å². The van der Waals surface area contributed by atoms with Crippen LogP contribution in [-0.2, 0) is 4.79 Å². The minimum absolute atomic E-state index is 0.112. The number of hydrogen-bond donors (Lipinski definition) is 1. The lowest BCUT2D eigenvalue weighted by Gasteiger charge is -2.35. The number of carbonyl (C=O) groups is 1. The minimum atomic E-state index is -0.112. The zero-order valence-corrected chi connectivity index (χ0v) is 12.6. The summed E-state index contributed by atoms with van der Waals surface area (Å²) in [5, 5.41) is 3.15. The maximum atomic E-state index is 11.5. The van der Waals surface area contributed by atoms with Gasteiger partial charge >= 0.3 is 0 Å². The normalized spacial score (nSPS) is 16.9. The molecular weight excluding hydrogens is 252 g/mol. The third-order valence-corrected chi connectivity index (χ3v) is 4.05. The third-order valence-electron chi connectivity index (χ3n) is 4.05. The van der Waals surface area contributed by atoms with E-state index in [2.05, 4.69) is 20.2 Å². The highest BCUT2D eigenvalue weighted by Gasteiger charge is 2.30. The molecule has 0 saturated heterocycles. The summed E-state index contributed by atoms with van der Waals surface area (Å²) in [4.78, 5) is 22.5. The molecular formula is C15H24N4O. The Morgan fingerprint density at radius 2 is 2.20 bits per heavy atom. The lowest BCUT2D eigenvalue weighted by Crippen LogP contribution is -2.44. The van der Waals surface area contributed by atoms with Crippen LogP contribution in [0.2, 0.25) is 0 Å². The summed E-state index contributed by atoms with van der Waals surface area (Å²) in [6, 6.07) is 0.297. The van der Waals surface area contributed by atoms with Gasteiger partial charge in [0.1, 0.15) is 12.1 Å². The Labute approximate surface area is 120 Å². The number of carbonyl (C=O) groups excluding carboxylic acids is 1. The highest BCUT2D eigenvalue weighted by Crippen LogP contribution is 2.33. The molecule has 1 fully saturated rings. The molecule has 1 atom stereocenters. The van der Waals surface area contributed by atoms with Gasteiger partial charge in [0.05, 0.1) is 17.9 Å². The predicted molar refractivity (Wildman–Crippen MR) is 81.2 cm³/mol. The Kier molecular flexibility index (Phi) is 4.93. The highest BCUT2D eigenvalue weighted by molar-refractivity contribution is 5.72. The van der Waals surface area contributed by atoms with Crippen molar-refractivity contribution in [3.05, 3.63) is 12.0 Å². The second-order valence-corrected chi connectivity index (χ2v) is 5.36. The van der Waals surface area contributed by atoms with E-state index in [4.69, 9.17) is 0 Å². The van der Waals surface area contributed by atoms with Crippen molar-refractivity contribution in [1.82, 2.24) is 9.97 Å². The van der Waals surface area contributed by atoms with Crippen LogP contribution in [0.4, 0.5) is 11.5 Å². The number of hydrogen-bond acceptors (Lipinski definition) is 5. The van der Waals surface area contributed by atoms with Gasteiger partial charge in [0.2, 0.25) is 0 Å². The number of aryl methyl sites for hydroxylation is 1. The number of anilines is 2. The fourth-order valence-corrected chi connectivity index (χ4v) is 2.97. The largest absolute Gasteiger partial charge is 0.384 e. The molecule has 1 aliphatic carbocycles. The van der Waals surface area contributed by atoms with Crippen LogP contribution in [0.5, 0.6) is 0 Å². The molecule has 1 aromatic heterocycles. The molecule has 1 heterocycles. The van der Waals surface area contributed by atoms with Crippen molar-refractivity contribution in [2.75, 3.05) is 17.3 Å². The first-order chi connectivity index (χ1) is 9.71. The van der Waals surface area contributed by atoms with Crippen LogP contribution in [0.25, 0.3) is 0 Å². The third kappa shape index (κ3) is 2.92. The first kappa shape index (κ1) is 14.8. The molecule has 0 unspecified atom stereocenters. The molecule has 0 bridgehead atoms. The molecule has 0 radical (unpaired) electrons. The number of aldehydes is 1. The lowest BCUT2D eigenvalue weighted by molar-refractivity contribution is -0.109. The van der Waals surface area contributed by atoms with E-state index in [9.17, 15) is 4.79 Å². The van der Waals surface area contributed by atoms with Crippen LogP contribution in [0.1, 0.15) is 44.9 Å². The number of nitrogens with one attached hydrogen (secondary N) is 1. The molecule has 110 valence electrons. The standard InChI is InChI=1S/C15H24N4O/c1-4-12(10-20)19(13-7-5-6-8-13)15-14(16-3)9-17-11(2)18-15/h9-10,12-13,16H,4-8H2,1-3H3/t12-/m1/s1. The molecule has 1 aliphatic rings. The van der Waals surface area contributed by atoms with Crippen molar-refractivity contribution in [3.63, 3.8) is 0 Å². The summed E-state index contributed by atoms with van der Waals surface area (Å²) in [5.41, 5.74) is 0.891. The van der Waals surface area contributed by atoms with Gasteiger partial charge in [-0.25, -0.2) is 9.97 Å². The summed E-state index contributed by atoms with van der Waals surface area (Å²) < 4.78 is 0. The van der Waals surface area contributed by atoms with Gasteiger partial charge < -0.3 is 15.0 Å². The van der Waals surface area contributed by atoms with Gasteiger partial charge in [-0.3, -0.25) is 0 Å². The fraction of sp³-hybridized carbons (Fsp3) is 0.667. The number of nitrogens with zero attached hydrogens (tertiary/aromatic N) is 3. The number of aromatic nitrogens is 2. The SMILES string of the molecule is CC[C@H](C=O)N(c1nc(C)ncc1NC)C1CCCC1. The van der Waals surface area contributed by atoms with Crippen molar-refractivity contribution in [2.24, 2.45) is 0 Å². The van der Waals surface area contributed by atoms with Gasteiger partial charge in [-0.05, 0) is 26.2 Å². The first-order valence-electron chi connectivity index (χ1n) is 7.46. The quantitative estimate of drug-likeness (QED) is 0.809. The average Bonchev–Trinajstić information content (AvgIpc) is 2.98. The first-order valence-corrected chi connectivity index (χ1v) is 7.46. The topological polar surface area (TPSA) is 58.1 Å². The molecule has 20 heavy (non-hydrogen) atoms. The minimum Gasteiger partial charge on any atom is -0.384 e. The van der Waals surface area contributed by atoms with Crippen LogP contribution in [-0.4, -0.2) is 35.4 Å². The molecule has 1 aromatic rings. The Balaban J connectivity index is 2.43. The van der Waals surface area contributed by atoms with Crippen LogP contribution < -0.4 is 10.2 Å². The van der Waals surface area contributed by atoms with Gasteiger partial charge in [-0.2, -0.15) is 0 Å². The summed E-state index contributed by atoms with van der Waals surface area (Å²) >= 11 is 0. The maximum absolute atomic E-state index is 11.5. The maximum Gasteiger partial charge on any atom is 0.156 e. The van der Waals surface area contributed by atoms with E-state index < -0.39 is 0 Å². The summed E-state index contributed by atoms with van der Waals surface area (Å²) in [7, 11) is 1.87. The van der Waals surface area contributed by atoms with Crippen molar-refractivity contribution in [2.45, 2.75) is 58.0 Å². The van der Waals surface area contributed by atoms with E-state index in [0.717, 1.165) is 42.9 Å². The summed E-state index contributed by atoms with van der Waals surface area (Å²) in [5.74, 6) is 1.61. The monoisotopic (exact) mass is 276 g/mol. The van der Waals surface area contributed by atoms with E-state index in [0.29, 0.717) is 6.04 Å². The Hall–Kier alpha value is -1.65. The molecule has 0 aliphatic heterocycles. The second-order valence-electron chi connectivity index (χ2n) is 5.36. The molecule has 0 spiro atoms. The van der Waals surface area contributed by atoms with Gasteiger partial charge in [-0.1, -0.05) is 19.8 Å². The van der Waals surface area contributed by atoms with Gasteiger partial charge in [0, 0.05) is 13.1 Å². The van der Waals surface area contributed by atoms with E-state index in [1.165, 1.54) is 12.8 Å². The smallest absolute Gasteiger partial charge is 0.156 e. The van der Waals surface area contributed by atoms with Crippen molar-refractivity contribution in [3.8, 4) is 0 Å². The summed E-state index contributed by atoms with van der Waals surface area (Å²) in [6.45, 7) is 3.94. The van der Waals surface area contributed by atoms with E-state index in [1.54, 1.807) is 6.20 Å². The van der Waals surface area contributed by atoms with Crippen LogP contribution >= 0.6 is 0 Å². The van der Waals surface area contributed by atoms with Crippen molar-refractivity contribution >= 4 is 17.8 Å². The van der Waals surface area contributed by atoms with Crippen molar-refractivity contribution in [1.29, 1.82) is 0 Å². The molecule has 2 rings (SSSR count). The number of rotatable bonds is 6. The van der Waals surface area contributed by atoms with Crippen LogP contribution in [0, 0.1) is 6.92 Å². The zero-order valence-electron chi connectivity index (χ0n) is 12.6. The Morgan fingerprint density at radius 3 is 2.75 bits per heavy atom. The molecule has 0 aromatic carbocycles. The molecule has 5 nitrogen and oxygen atoms in total. The molecule has 1 N–H and O–H groups in total. The fourth-order valence-electron chi connectivity index (χ4n) is 2.97. The molecule has 0 amide bonds. The Bertz CT molecular complexity index is 457. The van der Waals surface area contributed by atoms with E-state index >= 15 is 0 Å². The highest BCUT2D eigenvalue weighted by atomic mass is 16.1. The second kappa shape index (κ2) is 6.68. The predicted octanol–water partition coefficient (Wildman–Crippen LogP) is 2.55. The summed E-state index contributed by atoms with van der Waals surface area (Å²) in [6.07, 6.45) is 8.39. The van der Waals surface area contributed by atoms with Crippen molar-refractivity contribution < 1.29 is 4.79 Å². The molecule has 5 heteroatoms. The van der Waals surface area contributed by atoms with Gasteiger partial charge in [0.15, 0.2) is 5.82 Å². The zero-order chi connectivity index (χ0) is 14.5. The van der Waals surface area contributed by atoms with Gasteiger partial charge in [0.25, 0.3) is 0 Å². The van der Waals surface area contributed by atoms with Crippen LogP contribution in [0.3, 0.4) is 0 Å². The molecule has 1 saturated carbocycles. The van der Waals surface area contributed by atoms with E-state index in [1.807, 2.05) is 20.9 Å². The van der Waals surface area contributed by atoms with Gasteiger partial charge in [-0.15, -0.1) is 0 Å². The Morgan fingerprint density at radius 1 is 1.50 bits per heavy atom.